The highest BCUT2D eigenvalue weighted by Gasteiger charge is 2.16. The minimum atomic E-state index is -0.814. The van der Waals surface area contributed by atoms with E-state index in [1.165, 1.54) is 13.2 Å². The van der Waals surface area contributed by atoms with Gasteiger partial charge in [0.15, 0.2) is 12.3 Å². The predicted octanol–water partition coefficient (Wildman–Crippen LogP) is 1.32. The molecule has 0 unspecified atom stereocenters. The topological polar surface area (TPSA) is 101 Å². The van der Waals surface area contributed by atoms with Gasteiger partial charge in [0.2, 0.25) is 0 Å². The molecule has 2 aromatic heterocycles. The van der Waals surface area contributed by atoms with Gasteiger partial charge in [-0.2, -0.15) is 0 Å². The molecule has 0 saturated heterocycles. The van der Waals surface area contributed by atoms with Crippen LogP contribution in [0.3, 0.4) is 0 Å². The van der Waals surface area contributed by atoms with Crippen molar-refractivity contribution in [2.45, 2.75) is 13.5 Å². The van der Waals surface area contributed by atoms with Crippen LogP contribution >= 0.6 is 0 Å². The largest absolute Gasteiger partial charge is 0.482 e. The minimum Gasteiger partial charge on any atom is -0.482 e. The van der Waals surface area contributed by atoms with E-state index in [-0.39, 0.29) is 24.2 Å². The summed E-state index contributed by atoms with van der Waals surface area (Å²) >= 11 is 0. The lowest BCUT2D eigenvalue weighted by molar-refractivity contribution is -0.147. The minimum absolute atomic E-state index is 0.115. The van der Waals surface area contributed by atoms with Gasteiger partial charge in [-0.15, -0.1) is 0 Å². The van der Waals surface area contributed by atoms with Crippen molar-refractivity contribution < 1.29 is 18.7 Å². The molecule has 134 valence electrons. The van der Waals surface area contributed by atoms with Gasteiger partial charge in [0.1, 0.15) is 17.7 Å². The van der Waals surface area contributed by atoms with Gasteiger partial charge in [-0.1, -0.05) is 18.2 Å². The summed E-state index contributed by atoms with van der Waals surface area (Å²) in [6, 6.07) is 8.85. The Labute approximate surface area is 147 Å². The molecule has 0 aliphatic heterocycles. The van der Waals surface area contributed by atoms with Crippen LogP contribution in [-0.4, -0.2) is 22.1 Å². The van der Waals surface area contributed by atoms with Gasteiger partial charge in [0.05, 0.1) is 0 Å². The molecule has 3 rings (SSSR count). The number of rotatable bonds is 5. The third-order valence-corrected chi connectivity index (χ3v) is 3.83. The van der Waals surface area contributed by atoms with Gasteiger partial charge in [-0.05, 0) is 24.6 Å². The molecule has 3 aromatic rings. The normalized spacial score (nSPS) is 10.7. The van der Waals surface area contributed by atoms with Crippen LogP contribution in [0.1, 0.15) is 11.1 Å². The van der Waals surface area contributed by atoms with E-state index in [2.05, 4.69) is 9.40 Å². The average molecular weight is 356 g/mol. The summed E-state index contributed by atoms with van der Waals surface area (Å²) in [6.45, 7) is 1.30. The number of esters is 1. The van der Waals surface area contributed by atoms with Crippen molar-refractivity contribution in [2.75, 3.05) is 6.61 Å². The summed E-state index contributed by atoms with van der Waals surface area (Å²) in [5, 5.41) is 0.115. The third kappa shape index (κ3) is 3.49. The Morgan fingerprint density at radius 2 is 1.96 bits per heavy atom. The standard InChI is InChI=1S/C18H16N2O6/c1-11-8-19-16-15(17(22)26-18(23)20(16)2)13(11)9-25-14(21)10-24-12-6-4-3-5-7-12/h3-8H,9-10H2,1-2H3. The molecule has 1 aromatic carbocycles. The van der Waals surface area contributed by atoms with Crippen LogP contribution in [0.5, 0.6) is 5.75 Å². The number of para-hydroxylation sites is 1. The highest BCUT2D eigenvalue weighted by atomic mass is 16.6. The Kier molecular flexibility index (Phi) is 4.83. The number of aromatic nitrogens is 2. The van der Waals surface area contributed by atoms with E-state index in [9.17, 15) is 14.4 Å². The van der Waals surface area contributed by atoms with Crippen LogP contribution < -0.4 is 16.1 Å². The van der Waals surface area contributed by atoms with E-state index < -0.39 is 17.4 Å². The number of fused-ring (bicyclic) bond motifs is 1. The molecular formula is C18H16N2O6. The summed E-state index contributed by atoms with van der Waals surface area (Å²) < 4.78 is 16.3. The van der Waals surface area contributed by atoms with Gasteiger partial charge >= 0.3 is 17.4 Å². The Morgan fingerprint density at radius 1 is 1.23 bits per heavy atom. The number of pyridine rings is 1. The van der Waals surface area contributed by atoms with E-state index in [1.807, 2.05) is 6.07 Å². The fourth-order valence-corrected chi connectivity index (χ4v) is 2.43. The number of ether oxygens (including phenoxy) is 2. The lowest BCUT2D eigenvalue weighted by Gasteiger charge is -2.11. The fourth-order valence-electron chi connectivity index (χ4n) is 2.43. The van der Waals surface area contributed by atoms with E-state index in [1.54, 1.807) is 31.2 Å². The van der Waals surface area contributed by atoms with Crippen molar-refractivity contribution in [3.05, 3.63) is 68.6 Å². The van der Waals surface area contributed by atoms with E-state index >= 15 is 0 Å². The van der Waals surface area contributed by atoms with Crippen LogP contribution in [0.2, 0.25) is 0 Å². The number of nitrogens with zero attached hydrogens (tertiary/aromatic N) is 2. The average Bonchev–Trinajstić information content (AvgIpc) is 2.64. The van der Waals surface area contributed by atoms with Crippen molar-refractivity contribution >= 4 is 17.0 Å². The van der Waals surface area contributed by atoms with Gasteiger partial charge in [-0.25, -0.2) is 19.4 Å². The molecule has 2 heterocycles. The molecule has 0 fully saturated rings. The molecule has 0 amide bonds. The Morgan fingerprint density at radius 3 is 2.69 bits per heavy atom. The van der Waals surface area contributed by atoms with Crippen molar-refractivity contribution in [1.82, 2.24) is 9.55 Å². The van der Waals surface area contributed by atoms with Crippen LogP contribution in [0, 0.1) is 6.92 Å². The molecule has 8 heteroatoms. The number of hydrogen-bond donors (Lipinski definition) is 0. The first-order valence-corrected chi connectivity index (χ1v) is 7.79. The smallest absolute Gasteiger partial charge is 0.423 e. The fraction of sp³-hybridized carbons (Fsp3) is 0.222. The second-order valence-electron chi connectivity index (χ2n) is 5.60. The highest BCUT2D eigenvalue weighted by molar-refractivity contribution is 5.79. The molecule has 0 aliphatic rings. The second-order valence-corrected chi connectivity index (χ2v) is 5.60. The predicted molar refractivity (Wildman–Crippen MR) is 92.0 cm³/mol. The maximum Gasteiger partial charge on any atom is 0.423 e. The Hall–Kier alpha value is -3.42. The Bertz CT molecular complexity index is 1070. The highest BCUT2D eigenvalue weighted by Crippen LogP contribution is 2.17. The van der Waals surface area contributed by atoms with Crippen LogP contribution in [0.25, 0.3) is 11.0 Å². The van der Waals surface area contributed by atoms with Crippen LogP contribution in [0.4, 0.5) is 0 Å². The second kappa shape index (κ2) is 7.22. The monoisotopic (exact) mass is 356 g/mol. The molecule has 0 N–H and O–H groups in total. The van der Waals surface area contributed by atoms with Crippen molar-refractivity contribution in [2.24, 2.45) is 7.05 Å². The third-order valence-electron chi connectivity index (χ3n) is 3.83. The number of benzene rings is 1. The summed E-state index contributed by atoms with van der Waals surface area (Å²) in [6.07, 6.45) is 1.50. The van der Waals surface area contributed by atoms with Gasteiger partial charge in [0, 0.05) is 18.8 Å². The zero-order chi connectivity index (χ0) is 18.7. The molecule has 0 spiro atoms. The van der Waals surface area contributed by atoms with Crippen molar-refractivity contribution in [3.8, 4) is 5.75 Å². The van der Waals surface area contributed by atoms with Crippen molar-refractivity contribution in [3.63, 3.8) is 0 Å². The van der Waals surface area contributed by atoms with Crippen LogP contribution in [-0.2, 0) is 23.2 Å². The summed E-state index contributed by atoms with van der Waals surface area (Å²) in [5.74, 6) is -0.851. The number of carbonyl (C=O) groups is 1. The summed E-state index contributed by atoms with van der Waals surface area (Å²) in [4.78, 5) is 39.7. The first-order chi connectivity index (χ1) is 12.5. The molecule has 26 heavy (non-hydrogen) atoms. The Balaban J connectivity index is 1.79. The summed E-state index contributed by atoms with van der Waals surface area (Å²) in [7, 11) is 1.44. The lowest BCUT2D eigenvalue weighted by Crippen LogP contribution is -2.25. The maximum atomic E-state index is 12.1. The van der Waals surface area contributed by atoms with E-state index in [0.717, 1.165) is 4.57 Å². The molecule has 0 aliphatic carbocycles. The number of carbonyl (C=O) groups excluding carboxylic acids is 1. The quantitative estimate of drug-likeness (QED) is 0.635. The zero-order valence-electron chi connectivity index (χ0n) is 14.2. The lowest BCUT2D eigenvalue weighted by atomic mass is 10.1. The molecule has 0 saturated carbocycles. The van der Waals surface area contributed by atoms with Crippen LogP contribution in [0.15, 0.2) is 50.5 Å². The van der Waals surface area contributed by atoms with E-state index in [4.69, 9.17) is 9.47 Å². The molecule has 0 bridgehead atoms. The van der Waals surface area contributed by atoms with Crippen molar-refractivity contribution in [1.29, 1.82) is 0 Å². The van der Waals surface area contributed by atoms with Gasteiger partial charge in [-0.3, -0.25) is 4.57 Å². The van der Waals surface area contributed by atoms with Gasteiger partial charge in [0.25, 0.3) is 0 Å². The zero-order valence-corrected chi connectivity index (χ0v) is 14.2. The number of aryl methyl sites for hydroxylation is 2. The summed E-state index contributed by atoms with van der Waals surface area (Å²) in [5.41, 5.74) is 0.432. The SMILES string of the molecule is Cc1cnc2c(c1COC(=O)COc1ccccc1)c(=O)oc(=O)n2C. The molecule has 0 radical (unpaired) electrons. The molecule has 0 atom stereocenters. The number of hydrogen-bond acceptors (Lipinski definition) is 7. The first kappa shape index (κ1) is 17.4. The maximum absolute atomic E-state index is 12.1. The van der Waals surface area contributed by atoms with Gasteiger partial charge < -0.3 is 13.9 Å². The molecule has 8 nitrogen and oxygen atoms in total. The first-order valence-electron chi connectivity index (χ1n) is 7.79. The van der Waals surface area contributed by atoms with E-state index in [0.29, 0.717) is 16.9 Å². The molecular weight excluding hydrogens is 340 g/mol.